The first kappa shape index (κ1) is 36.8. The van der Waals surface area contributed by atoms with Crippen LogP contribution in [0.5, 0.6) is 17.2 Å². The van der Waals surface area contributed by atoms with Gasteiger partial charge in [-0.1, -0.05) is 55.6 Å². The summed E-state index contributed by atoms with van der Waals surface area (Å²) in [6.45, 7) is 8.26. The van der Waals surface area contributed by atoms with Gasteiger partial charge in [-0.25, -0.2) is 0 Å². The highest BCUT2D eigenvalue weighted by Gasteiger charge is 2.23. The summed E-state index contributed by atoms with van der Waals surface area (Å²) in [6, 6.07) is 24.7. The van der Waals surface area contributed by atoms with E-state index in [-0.39, 0.29) is 0 Å². The average molecular weight is 978 g/mol. The first-order valence-electron chi connectivity index (χ1n) is 13.9. The van der Waals surface area contributed by atoms with Crippen LogP contribution in [0.25, 0.3) is 0 Å². The normalized spacial score (nSPS) is 10.7. The minimum Gasteiger partial charge on any atom is -0.489 e. The highest BCUT2D eigenvalue weighted by atomic mass is 127. The van der Waals surface area contributed by atoms with E-state index in [9.17, 15) is 0 Å². The molecule has 0 bridgehead atoms. The summed E-state index contributed by atoms with van der Waals surface area (Å²) in [7, 11) is 0. The fraction of sp³-hybridized carbons (Fsp3) is 0.294. The molecule has 0 aliphatic carbocycles. The van der Waals surface area contributed by atoms with Crippen LogP contribution in [0.4, 0.5) is 0 Å². The summed E-state index contributed by atoms with van der Waals surface area (Å²) in [5, 5.41) is 0. The summed E-state index contributed by atoms with van der Waals surface area (Å²) in [5.74, 6) is 2.65. The molecule has 0 atom stereocenters. The van der Waals surface area contributed by atoms with Crippen LogP contribution in [0.1, 0.15) is 54.2 Å². The van der Waals surface area contributed by atoms with E-state index in [1.54, 1.807) is 0 Å². The molecule has 0 radical (unpaired) electrons. The van der Waals surface area contributed by atoms with Crippen molar-refractivity contribution in [3.8, 4) is 17.2 Å². The van der Waals surface area contributed by atoms with E-state index in [0.717, 1.165) is 36.5 Å². The first-order valence-corrected chi connectivity index (χ1v) is 18.5. The Bertz CT molecular complexity index is 1240. The number of benzene rings is 4. The molecule has 4 aromatic rings. The Kier molecular flexibility index (Phi) is 16.4. The maximum Gasteiger partial charge on any atom is 0.180 e. The van der Waals surface area contributed by atoms with E-state index in [2.05, 4.69) is 125 Å². The van der Waals surface area contributed by atoms with Crippen molar-refractivity contribution in [3.05, 3.63) is 117 Å². The molecule has 4 aromatic carbocycles. The van der Waals surface area contributed by atoms with Crippen LogP contribution in [0, 0.1) is 10.7 Å². The summed E-state index contributed by atoms with van der Waals surface area (Å²) in [4.78, 5) is 0. The second kappa shape index (κ2) is 19.1. The lowest BCUT2D eigenvalue weighted by molar-refractivity contribution is 0.288. The van der Waals surface area contributed by atoms with Crippen molar-refractivity contribution < 1.29 is 14.2 Å². The van der Waals surface area contributed by atoms with Crippen molar-refractivity contribution in [3.63, 3.8) is 0 Å². The standard InChI is InChI=1S/C33H33I3O3.CHCl3/c1-4-28-31(19-37-25-13-7-22(34)8-14-25)29(5-2)33(21-39-27-17-11-24(36)12-18-27)30(6-3)32(28)20-38-26-15-9-23(35)10-16-26;2-1(3)4/h7-18H,4-6,19-21H2,1-3H3;1H. The van der Waals surface area contributed by atoms with Gasteiger partial charge >= 0.3 is 0 Å². The number of alkyl halides is 3. The van der Waals surface area contributed by atoms with Crippen molar-refractivity contribution >= 4 is 103 Å². The molecule has 0 fully saturated rings. The van der Waals surface area contributed by atoms with E-state index in [1.165, 1.54) is 44.1 Å². The molecule has 9 heteroatoms. The van der Waals surface area contributed by atoms with Gasteiger partial charge in [-0.05, 0) is 193 Å². The number of rotatable bonds is 12. The zero-order valence-electron chi connectivity index (χ0n) is 24.2. The Morgan fingerprint density at radius 1 is 0.442 bits per heavy atom. The summed E-state index contributed by atoms with van der Waals surface area (Å²) in [6.07, 6.45) is 2.74. The third-order valence-electron chi connectivity index (χ3n) is 6.84. The molecule has 230 valence electrons. The molecule has 0 saturated heterocycles. The van der Waals surface area contributed by atoms with Gasteiger partial charge in [-0.2, -0.15) is 0 Å². The van der Waals surface area contributed by atoms with Crippen LogP contribution in [-0.4, -0.2) is 4.30 Å². The van der Waals surface area contributed by atoms with Crippen molar-refractivity contribution in [2.45, 2.75) is 64.1 Å². The zero-order valence-corrected chi connectivity index (χ0v) is 33.0. The largest absolute Gasteiger partial charge is 0.489 e. The van der Waals surface area contributed by atoms with Crippen LogP contribution in [-0.2, 0) is 39.1 Å². The molecule has 0 aromatic heterocycles. The Hall–Kier alpha value is -0.660. The van der Waals surface area contributed by atoms with Gasteiger partial charge in [0.1, 0.15) is 37.1 Å². The predicted molar refractivity (Wildman–Crippen MR) is 206 cm³/mol. The lowest BCUT2D eigenvalue weighted by Crippen LogP contribution is -2.17. The molecule has 4 rings (SSSR count). The van der Waals surface area contributed by atoms with Gasteiger partial charge in [0.25, 0.3) is 0 Å². The lowest BCUT2D eigenvalue weighted by atomic mass is 9.84. The van der Waals surface area contributed by atoms with Gasteiger partial charge in [-0.3, -0.25) is 0 Å². The number of halogens is 6. The van der Waals surface area contributed by atoms with Crippen LogP contribution in [0.15, 0.2) is 72.8 Å². The Labute approximate surface area is 311 Å². The Morgan fingerprint density at radius 2 is 0.651 bits per heavy atom. The van der Waals surface area contributed by atoms with E-state index in [0.29, 0.717) is 19.8 Å². The van der Waals surface area contributed by atoms with Crippen LogP contribution >= 0.6 is 103 Å². The molecular formula is C34H34Cl3I3O3. The third-order valence-corrected chi connectivity index (χ3v) is 8.99. The van der Waals surface area contributed by atoms with E-state index >= 15 is 0 Å². The average Bonchev–Trinajstić information content (AvgIpc) is 2.99. The van der Waals surface area contributed by atoms with Crippen molar-refractivity contribution in [1.82, 2.24) is 0 Å². The minimum atomic E-state index is -0.750. The van der Waals surface area contributed by atoms with E-state index in [1.807, 2.05) is 36.4 Å². The monoisotopic (exact) mass is 976 g/mol. The summed E-state index contributed by atoms with van der Waals surface area (Å²) >= 11 is 21.4. The van der Waals surface area contributed by atoms with Crippen molar-refractivity contribution in [1.29, 1.82) is 0 Å². The SMILES string of the molecule is CCc1c(COc2ccc(I)cc2)c(CC)c(COc2ccc(I)cc2)c(CC)c1COc1ccc(I)cc1.ClC(Cl)Cl. The maximum absolute atomic E-state index is 6.38. The van der Waals surface area contributed by atoms with Gasteiger partial charge in [0.15, 0.2) is 4.30 Å². The molecule has 0 saturated carbocycles. The summed E-state index contributed by atoms with van der Waals surface area (Å²) < 4.78 is 22.0. The van der Waals surface area contributed by atoms with Gasteiger partial charge in [0, 0.05) is 10.7 Å². The van der Waals surface area contributed by atoms with Crippen LogP contribution in [0.3, 0.4) is 0 Å². The maximum atomic E-state index is 6.38. The highest BCUT2D eigenvalue weighted by Crippen LogP contribution is 2.33. The molecule has 3 nitrogen and oxygen atoms in total. The Morgan fingerprint density at radius 3 is 0.837 bits per heavy atom. The summed E-state index contributed by atoms with van der Waals surface area (Å²) in [5.41, 5.74) is 7.78. The second-order valence-corrected chi connectivity index (χ2v) is 15.1. The lowest BCUT2D eigenvalue weighted by Gasteiger charge is -2.26. The molecule has 0 unspecified atom stereocenters. The van der Waals surface area contributed by atoms with E-state index < -0.39 is 4.30 Å². The molecule has 0 heterocycles. The molecule has 0 spiro atoms. The van der Waals surface area contributed by atoms with Gasteiger partial charge in [0.05, 0.1) is 0 Å². The molecule has 0 aliphatic rings. The van der Waals surface area contributed by atoms with Crippen molar-refractivity contribution in [2.75, 3.05) is 0 Å². The third kappa shape index (κ3) is 11.6. The Balaban J connectivity index is 0.00000119. The quantitative estimate of drug-likeness (QED) is 0.105. The number of hydrogen-bond acceptors (Lipinski definition) is 3. The van der Waals surface area contributed by atoms with E-state index in [4.69, 9.17) is 49.0 Å². The topological polar surface area (TPSA) is 27.7 Å². The van der Waals surface area contributed by atoms with Crippen LogP contribution < -0.4 is 14.2 Å². The predicted octanol–water partition coefficient (Wildman–Crippen LogP) is 11.9. The number of ether oxygens (including phenoxy) is 3. The second-order valence-electron chi connectivity index (χ2n) is 9.41. The van der Waals surface area contributed by atoms with Gasteiger partial charge < -0.3 is 14.2 Å². The zero-order chi connectivity index (χ0) is 31.4. The fourth-order valence-electron chi connectivity index (χ4n) is 4.95. The van der Waals surface area contributed by atoms with Gasteiger partial charge in [-0.15, -0.1) is 0 Å². The molecule has 43 heavy (non-hydrogen) atoms. The smallest absolute Gasteiger partial charge is 0.180 e. The molecule has 0 aliphatic heterocycles. The molecule has 0 amide bonds. The molecular weight excluding hydrogens is 943 g/mol. The van der Waals surface area contributed by atoms with Crippen LogP contribution in [0.2, 0.25) is 0 Å². The number of hydrogen-bond donors (Lipinski definition) is 0. The first-order chi connectivity index (χ1) is 20.7. The minimum absolute atomic E-state index is 0.518. The fourth-order valence-corrected chi connectivity index (χ4v) is 6.03. The molecule has 0 N–H and O–H groups in total. The highest BCUT2D eigenvalue weighted by molar-refractivity contribution is 14.1. The van der Waals surface area contributed by atoms with Crippen molar-refractivity contribution in [2.24, 2.45) is 0 Å². The van der Waals surface area contributed by atoms with Gasteiger partial charge in [0.2, 0.25) is 0 Å².